The van der Waals surface area contributed by atoms with Crippen molar-refractivity contribution in [3.05, 3.63) is 46.4 Å². The minimum atomic E-state index is -0.0251. The van der Waals surface area contributed by atoms with Gasteiger partial charge < -0.3 is 5.73 Å². The molecule has 0 heterocycles. The summed E-state index contributed by atoms with van der Waals surface area (Å²) in [6, 6.07) is 11.5. The van der Waals surface area contributed by atoms with Crippen molar-refractivity contribution < 1.29 is 4.79 Å². The summed E-state index contributed by atoms with van der Waals surface area (Å²) in [5.74, 6) is -0.0251. The minimum Gasteiger partial charge on any atom is -0.324 e. The Morgan fingerprint density at radius 1 is 1.27 bits per heavy atom. The topological polar surface area (TPSA) is 43.1 Å². The first-order valence-electron chi connectivity index (χ1n) is 4.64. The molecule has 0 aliphatic rings. The molecule has 2 N–H and O–H groups in total. The van der Waals surface area contributed by atoms with E-state index in [4.69, 9.17) is 5.73 Å². The van der Waals surface area contributed by atoms with Crippen LogP contribution in [0.1, 0.15) is 10.4 Å². The van der Waals surface area contributed by atoms with E-state index in [1.807, 2.05) is 36.4 Å². The SMILES string of the molecule is NCC(=O)c1cccc2cc(Br)ccc12. The van der Waals surface area contributed by atoms with E-state index in [-0.39, 0.29) is 12.3 Å². The van der Waals surface area contributed by atoms with Crippen molar-refractivity contribution in [1.29, 1.82) is 0 Å². The molecular formula is C12H10BrNO. The van der Waals surface area contributed by atoms with Crippen molar-refractivity contribution in [2.75, 3.05) is 6.54 Å². The number of ketones is 1. The maximum Gasteiger partial charge on any atom is 0.176 e. The van der Waals surface area contributed by atoms with Gasteiger partial charge in [0.25, 0.3) is 0 Å². The molecule has 0 saturated carbocycles. The molecule has 0 aliphatic heterocycles. The quantitative estimate of drug-likeness (QED) is 0.847. The zero-order valence-corrected chi connectivity index (χ0v) is 9.62. The average molecular weight is 264 g/mol. The molecule has 15 heavy (non-hydrogen) atoms. The largest absolute Gasteiger partial charge is 0.324 e. The third kappa shape index (κ3) is 1.94. The van der Waals surface area contributed by atoms with Gasteiger partial charge >= 0.3 is 0 Å². The third-order valence-electron chi connectivity index (χ3n) is 2.33. The molecule has 0 aliphatic carbocycles. The summed E-state index contributed by atoms with van der Waals surface area (Å²) in [5.41, 5.74) is 6.06. The highest BCUT2D eigenvalue weighted by molar-refractivity contribution is 9.10. The minimum absolute atomic E-state index is 0.0251. The van der Waals surface area contributed by atoms with Gasteiger partial charge in [-0.05, 0) is 22.9 Å². The molecule has 3 heteroatoms. The highest BCUT2D eigenvalue weighted by Gasteiger charge is 2.07. The zero-order valence-electron chi connectivity index (χ0n) is 8.03. The molecule has 2 nitrogen and oxygen atoms in total. The summed E-state index contributed by atoms with van der Waals surface area (Å²) in [7, 11) is 0. The fourth-order valence-corrected chi connectivity index (χ4v) is 1.99. The van der Waals surface area contributed by atoms with Gasteiger partial charge in [-0.15, -0.1) is 0 Å². The number of benzene rings is 2. The summed E-state index contributed by atoms with van der Waals surface area (Å²) in [5, 5.41) is 2.00. The van der Waals surface area contributed by atoms with Crippen LogP contribution in [0, 0.1) is 0 Å². The molecule has 0 atom stereocenters. The molecule has 0 spiro atoms. The number of hydrogen-bond donors (Lipinski definition) is 1. The molecule has 76 valence electrons. The monoisotopic (exact) mass is 263 g/mol. The summed E-state index contributed by atoms with van der Waals surface area (Å²) in [6.07, 6.45) is 0. The van der Waals surface area contributed by atoms with E-state index < -0.39 is 0 Å². The lowest BCUT2D eigenvalue weighted by Crippen LogP contribution is -2.13. The van der Waals surface area contributed by atoms with E-state index in [9.17, 15) is 4.79 Å². The second kappa shape index (κ2) is 4.13. The Labute approximate surface area is 96.2 Å². The van der Waals surface area contributed by atoms with E-state index >= 15 is 0 Å². The fourth-order valence-electron chi connectivity index (χ4n) is 1.61. The van der Waals surface area contributed by atoms with Crippen LogP contribution in [0.15, 0.2) is 40.9 Å². The molecule has 2 rings (SSSR count). The predicted molar refractivity (Wildman–Crippen MR) is 65.0 cm³/mol. The first-order valence-corrected chi connectivity index (χ1v) is 5.43. The lowest BCUT2D eigenvalue weighted by atomic mass is 10.0. The van der Waals surface area contributed by atoms with Crippen LogP contribution in [-0.4, -0.2) is 12.3 Å². The van der Waals surface area contributed by atoms with Crippen molar-refractivity contribution in [1.82, 2.24) is 0 Å². The van der Waals surface area contributed by atoms with Crippen LogP contribution >= 0.6 is 15.9 Å². The number of halogens is 1. The molecule has 0 bridgehead atoms. The summed E-state index contributed by atoms with van der Waals surface area (Å²) >= 11 is 3.40. The normalized spacial score (nSPS) is 10.5. The van der Waals surface area contributed by atoms with Gasteiger partial charge in [0, 0.05) is 10.0 Å². The number of rotatable bonds is 2. The molecule has 0 amide bonds. The summed E-state index contributed by atoms with van der Waals surface area (Å²) < 4.78 is 1.01. The van der Waals surface area contributed by atoms with Crippen molar-refractivity contribution in [3.63, 3.8) is 0 Å². The predicted octanol–water partition coefficient (Wildman–Crippen LogP) is 2.74. The van der Waals surface area contributed by atoms with Crippen molar-refractivity contribution in [3.8, 4) is 0 Å². The van der Waals surface area contributed by atoms with Gasteiger partial charge in [-0.25, -0.2) is 0 Å². The highest BCUT2D eigenvalue weighted by atomic mass is 79.9. The number of hydrogen-bond acceptors (Lipinski definition) is 2. The maximum absolute atomic E-state index is 11.6. The molecule has 2 aromatic rings. The van der Waals surface area contributed by atoms with E-state index in [1.54, 1.807) is 0 Å². The second-order valence-electron chi connectivity index (χ2n) is 3.30. The molecule has 0 aromatic heterocycles. The lowest BCUT2D eigenvalue weighted by Gasteiger charge is -2.04. The van der Waals surface area contributed by atoms with Gasteiger partial charge in [0.05, 0.1) is 6.54 Å². The Hall–Kier alpha value is -1.19. The Balaban J connectivity index is 2.71. The molecule has 0 radical (unpaired) electrons. The van der Waals surface area contributed by atoms with Gasteiger partial charge in [0.1, 0.15) is 0 Å². The number of fused-ring (bicyclic) bond motifs is 1. The van der Waals surface area contributed by atoms with Gasteiger partial charge in [0.2, 0.25) is 0 Å². The summed E-state index contributed by atoms with van der Waals surface area (Å²) in [4.78, 5) is 11.6. The molecule has 0 fully saturated rings. The van der Waals surface area contributed by atoms with Crippen LogP contribution < -0.4 is 5.73 Å². The van der Waals surface area contributed by atoms with Gasteiger partial charge in [-0.2, -0.15) is 0 Å². The molecule has 0 unspecified atom stereocenters. The maximum atomic E-state index is 11.6. The van der Waals surface area contributed by atoms with Crippen molar-refractivity contribution >= 4 is 32.5 Å². The van der Waals surface area contributed by atoms with Crippen molar-refractivity contribution in [2.24, 2.45) is 5.73 Å². The van der Waals surface area contributed by atoms with Gasteiger partial charge in [-0.1, -0.05) is 40.2 Å². The van der Waals surface area contributed by atoms with E-state index in [0.29, 0.717) is 5.56 Å². The smallest absolute Gasteiger partial charge is 0.176 e. The van der Waals surface area contributed by atoms with Crippen LogP contribution in [0.2, 0.25) is 0 Å². The first-order chi connectivity index (χ1) is 7.22. The highest BCUT2D eigenvalue weighted by Crippen LogP contribution is 2.23. The summed E-state index contributed by atoms with van der Waals surface area (Å²) in [6.45, 7) is 0.0508. The van der Waals surface area contributed by atoms with E-state index in [2.05, 4.69) is 15.9 Å². The Morgan fingerprint density at radius 3 is 2.80 bits per heavy atom. The van der Waals surface area contributed by atoms with Crippen LogP contribution in [0.4, 0.5) is 0 Å². The third-order valence-corrected chi connectivity index (χ3v) is 2.82. The number of Topliss-reactive ketones (excluding diaryl/α,β-unsaturated/α-hetero) is 1. The lowest BCUT2D eigenvalue weighted by molar-refractivity contribution is 0.100. The number of carbonyl (C=O) groups excluding carboxylic acids is 1. The standard InChI is InChI=1S/C12H10BrNO/c13-9-4-5-10-8(6-9)2-1-3-11(10)12(15)7-14/h1-6H,7,14H2. The Bertz CT molecular complexity index is 522. The first kappa shape index (κ1) is 10.3. The van der Waals surface area contributed by atoms with Gasteiger partial charge in [-0.3, -0.25) is 4.79 Å². The van der Waals surface area contributed by atoms with Crippen LogP contribution in [0.3, 0.4) is 0 Å². The molecule has 0 saturated heterocycles. The average Bonchev–Trinajstić information content (AvgIpc) is 2.26. The van der Waals surface area contributed by atoms with Crippen LogP contribution in [0.5, 0.6) is 0 Å². The Kier molecular flexibility index (Phi) is 2.84. The van der Waals surface area contributed by atoms with E-state index in [0.717, 1.165) is 15.2 Å². The number of nitrogens with two attached hydrogens (primary N) is 1. The second-order valence-corrected chi connectivity index (χ2v) is 4.21. The fraction of sp³-hybridized carbons (Fsp3) is 0.0833. The Morgan fingerprint density at radius 2 is 2.07 bits per heavy atom. The molecule has 2 aromatic carbocycles. The van der Waals surface area contributed by atoms with Crippen molar-refractivity contribution in [2.45, 2.75) is 0 Å². The molecular weight excluding hydrogens is 254 g/mol. The van der Waals surface area contributed by atoms with Crippen LogP contribution in [-0.2, 0) is 0 Å². The zero-order chi connectivity index (χ0) is 10.8. The van der Waals surface area contributed by atoms with Gasteiger partial charge in [0.15, 0.2) is 5.78 Å². The van der Waals surface area contributed by atoms with Crippen LogP contribution in [0.25, 0.3) is 10.8 Å². The number of carbonyl (C=O) groups is 1. The van der Waals surface area contributed by atoms with E-state index in [1.165, 1.54) is 0 Å².